The van der Waals surface area contributed by atoms with Crippen LogP contribution in [0, 0.1) is 5.82 Å². The van der Waals surface area contributed by atoms with Gasteiger partial charge in [-0.3, -0.25) is 0 Å². The van der Waals surface area contributed by atoms with Crippen molar-refractivity contribution < 1.29 is 13.9 Å². The molecule has 2 aromatic rings. The van der Waals surface area contributed by atoms with Gasteiger partial charge in [0.25, 0.3) is 0 Å². The van der Waals surface area contributed by atoms with Crippen molar-refractivity contribution in [1.82, 2.24) is 5.32 Å². The van der Waals surface area contributed by atoms with E-state index in [1.165, 1.54) is 6.07 Å². The third-order valence-electron chi connectivity index (χ3n) is 2.87. The summed E-state index contributed by atoms with van der Waals surface area (Å²) in [7, 11) is 3.42. The van der Waals surface area contributed by atoms with Crippen molar-refractivity contribution in [2.24, 2.45) is 0 Å². The van der Waals surface area contributed by atoms with Gasteiger partial charge in [-0.25, -0.2) is 4.39 Å². The Balaban J connectivity index is 2.25. The van der Waals surface area contributed by atoms with Crippen molar-refractivity contribution in [2.45, 2.75) is 13.2 Å². The fourth-order valence-electron chi connectivity index (χ4n) is 1.98. The molecule has 4 heteroatoms. The van der Waals surface area contributed by atoms with Gasteiger partial charge in [-0.15, -0.1) is 0 Å². The quantitative estimate of drug-likeness (QED) is 0.875. The third kappa shape index (κ3) is 3.56. The monoisotopic (exact) mass is 275 g/mol. The minimum atomic E-state index is -0.273. The normalized spacial score (nSPS) is 10.6. The van der Waals surface area contributed by atoms with Crippen molar-refractivity contribution >= 4 is 0 Å². The fraction of sp³-hybridized carbons (Fsp3) is 0.250. The van der Waals surface area contributed by atoms with Crippen LogP contribution in [0.5, 0.6) is 11.5 Å². The van der Waals surface area contributed by atoms with E-state index >= 15 is 0 Å². The molecule has 3 nitrogen and oxygen atoms in total. The highest BCUT2D eigenvalue weighted by Gasteiger charge is 2.09. The van der Waals surface area contributed by atoms with Crippen LogP contribution in [0.3, 0.4) is 0 Å². The molecule has 0 heterocycles. The summed E-state index contributed by atoms with van der Waals surface area (Å²) in [5.74, 6) is 0.918. The Morgan fingerprint density at radius 1 is 1.15 bits per heavy atom. The molecule has 2 rings (SSSR count). The van der Waals surface area contributed by atoms with Gasteiger partial charge < -0.3 is 14.8 Å². The predicted octanol–water partition coefficient (Wildman–Crippen LogP) is 3.48. The van der Waals surface area contributed by atoms with Crippen LogP contribution in [0.1, 0.15) is 11.1 Å². The van der Waals surface area contributed by atoms with Crippen molar-refractivity contribution in [3.05, 3.63) is 59.4 Å². The van der Waals surface area contributed by atoms with Crippen molar-refractivity contribution in [3.8, 4) is 11.5 Å². The van der Waals surface area contributed by atoms with Crippen LogP contribution in [0.4, 0.5) is 4.39 Å². The van der Waals surface area contributed by atoms with Crippen LogP contribution in [0.2, 0.25) is 0 Å². The molecule has 0 aliphatic heterocycles. The molecule has 0 unspecified atom stereocenters. The van der Waals surface area contributed by atoms with E-state index in [-0.39, 0.29) is 5.82 Å². The van der Waals surface area contributed by atoms with Crippen LogP contribution < -0.4 is 10.1 Å². The minimum Gasteiger partial charge on any atom is -0.457 e. The fourth-order valence-corrected chi connectivity index (χ4v) is 1.98. The molecule has 0 amide bonds. The van der Waals surface area contributed by atoms with Gasteiger partial charge >= 0.3 is 0 Å². The highest BCUT2D eigenvalue weighted by molar-refractivity contribution is 5.39. The smallest absolute Gasteiger partial charge is 0.134 e. The highest BCUT2D eigenvalue weighted by Crippen LogP contribution is 2.27. The first kappa shape index (κ1) is 14.5. The largest absolute Gasteiger partial charge is 0.457 e. The molecule has 0 saturated heterocycles. The summed E-state index contributed by atoms with van der Waals surface area (Å²) in [4.78, 5) is 0. The lowest BCUT2D eigenvalue weighted by Crippen LogP contribution is -2.08. The summed E-state index contributed by atoms with van der Waals surface area (Å²) >= 11 is 0. The lowest BCUT2D eigenvalue weighted by molar-refractivity contribution is 0.184. The third-order valence-corrected chi connectivity index (χ3v) is 2.87. The lowest BCUT2D eigenvalue weighted by atomic mass is 10.2. The summed E-state index contributed by atoms with van der Waals surface area (Å²) in [6.07, 6.45) is 0. The van der Waals surface area contributed by atoms with E-state index in [9.17, 15) is 4.39 Å². The van der Waals surface area contributed by atoms with Gasteiger partial charge in [0.05, 0.1) is 6.61 Å². The van der Waals surface area contributed by atoms with E-state index < -0.39 is 0 Å². The second kappa shape index (κ2) is 7.03. The first-order valence-electron chi connectivity index (χ1n) is 6.42. The number of rotatable bonds is 6. The first-order valence-corrected chi connectivity index (χ1v) is 6.42. The Kier molecular flexibility index (Phi) is 5.09. The van der Waals surface area contributed by atoms with E-state index in [4.69, 9.17) is 9.47 Å². The van der Waals surface area contributed by atoms with Crippen molar-refractivity contribution in [1.29, 1.82) is 0 Å². The van der Waals surface area contributed by atoms with E-state index in [0.717, 1.165) is 5.56 Å². The molecule has 0 fully saturated rings. The second-order valence-corrected chi connectivity index (χ2v) is 4.43. The van der Waals surface area contributed by atoms with Gasteiger partial charge in [0.15, 0.2) is 0 Å². The summed E-state index contributed by atoms with van der Waals surface area (Å²) in [5, 5.41) is 2.94. The van der Waals surface area contributed by atoms with Crippen molar-refractivity contribution in [2.75, 3.05) is 14.2 Å². The average molecular weight is 275 g/mol. The molecule has 0 spiro atoms. The molecule has 0 atom stereocenters. The summed E-state index contributed by atoms with van der Waals surface area (Å²) in [6.45, 7) is 0.934. The number of hydrogen-bond acceptors (Lipinski definition) is 3. The Bertz CT molecular complexity index is 572. The molecule has 20 heavy (non-hydrogen) atoms. The molecular formula is C16H18FNO2. The minimum absolute atomic E-state index is 0.273. The van der Waals surface area contributed by atoms with E-state index in [1.807, 2.05) is 24.3 Å². The number of methoxy groups -OCH3 is 1. The molecule has 0 aliphatic carbocycles. The van der Waals surface area contributed by atoms with Gasteiger partial charge in [0, 0.05) is 19.2 Å². The van der Waals surface area contributed by atoms with E-state index in [2.05, 4.69) is 5.32 Å². The van der Waals surface area contributed by atoms with Crippen LogP contribution in [-0.4, -0.2) is 14.2 Å². The SMILES string of the molecule is CNCc1c(F)cccc1Oc1cccc(COC)c1. The summed E-state index contributed by atoms with van der Waals surface area (Å²) in [5.41, 5.74) is 1.53. The molecule has 106 valence electrons. The maximum absolute atomic E-state index is 13.8. The summed E-state index contributed by atoms with van der Waals surface area (Å²) in [6, 6.07) is 12.4. The summed E-state index contributed by atoms with van der Waals surface area (Å²) < 4.78 is 24.7. The molecule has 0 aliphatic rings. The number of nitrogens with one attached hydrogen (secondary N) is 1. The maximum Gasteiger partial charge on any atom is 0.134 e. The standard InChI is InChI=1S/C16H18FNO2/c1-18-10-14-15(17)7-4-8-16(14)20-13-6-3-5-12(9-13)11-19-2/h3-9,18H,10-11H2,1-2H3. The number of halogens is 1. The lowest BCUT2D eigenvalue weighted by Gasteiger charge is -2.12. The highest BCUT2D eigenvalue weighted by atomic mass is 19.1. The zero-order valence-corrected chi connectivity index (χ0v) is 11.7. The second-order valence-electron chi connectivity index (χ2n) is 4.43. The number of ether oxygens (including phenoxy) is 2. The molecular weight excluding hydrogens is 257 g/mol. The Hall–Kier alpha value is -1.91. The zero-order valence-electron chi connectivity index (χ0n) is 11.7. The van der Waals surface area contributed by atoms with Gasteiger partial charge in [0.1, 0.15) is 17.3 Å². The molecule has 1 N–H and O–H groups in total. The zero-order chi connectivity index (χ0) is 14.4. The van der Waals surface area contributed by atoms with Gasteiger partial charge in [-0.05, 0) is 36.9 Å². The van der Waals surface area contributed by atoms with Crippen molar-refractivity contribution in [3.63, 3.8) is 0 Å². The van der Waals surface area contributed by atoms with Crippen LogP contribution in [-0.2, 0) is 17.9 Å². The average Bonchev–Trinajstić information content (AvgIpc) is 2.44. The predicted molar refractivity (Wildman–Crippen MR) is 76.4 cm³/mol. The molecule has 2 aromatic carbocycles. The van der Waals surface area contributed by atoms with E-state index in [0.29, 0.717) is 30.2 Å². The first-order chi connectivity index (χ1) is 9.74. The van der Waals surface area contributed by atoms with Crippen LogP contribution in [0.25, 0.3) is 0 Å². The molecule has 0 radical (unpaired) electrons. The Morgan fingerprint density at radius 2 is 1.95 bits per heavy atom. The topological polar surface area (TPSA) is 30.5 Å². The molecule has 0 aromatic heterocycles. The molecule has 0 saturated carbocycles. The van der Waals surface area contributed by atoms with Gasteiger partial charge in [-0.2, -0.15) is 0 Å². The maximum atomic E-state index is 13.8. The molecule has 0 bridgehead atoms. The van der Waals surface area contributed by atoms with E-state index in [1.54, 1.807) is 26.3 Å². The van der Waals surface area contributed by atoms with Crippen LogP contribution in [0.15, 0.2) is 42.5 Å². The van der Waals surface area contributed by atoms with Gasteiger partial charge in [0.2, 0.25) is 0 Å². The van der Waals surface area contributed by atoms with Crippen LogP contribution >= 0.6 is 0 Å². The Morgan fingerprint density at radius 3 is 2.70 bits per heavy atom. The number of benzene rings is 2. The number of hydrogen-bond donors (Lipinski definition) is 1. The van der Waals surface area contributed by atoms with Gasteiger partial charge in [-0.1, -0.05) is 18.2 Å². The Labute approximate surface area is 118 Å².